The predicted octanol–water partition coefficient (Wildman–Crippen LogP) is 3.48. The average molecular weight is 432 g/mol. The molecule has 162 valence electrons. The van der Waals surface area contributed by atoms with Gasteiger partial charge in [0.1, 0.15) is 12.3 Å². The molecule has 1 fully saturated rings. The molecular formula is C22H29N3O4S. The largest absolute Gasteiger partial charge is 0.494 e. The van der Waals surface area contributed by atoms with Gasteiger partial charge in [-0.2, -0.15) is 0 Å². The molecule has 0 aromatic heterocycles. The van der Waals surface area contributed by atoms with Crippen LogP contribution in [0.1, 0.15) is 26.2 Å². The topological polar surface area (TPSA) is 79.0 Å². The molecule has 7 nitrogen and oxygen atoms in total. The maximum absolute atomic E-state index is 12.5. The lowest BCUT2D eigenvalue weighted by Crippen LogP contribution is -2.37. The molecule has 0 atom stereocenters. The maximum Gasteiger partial charge on any atom is 0.245 e. The van der Waals surface area contributed by atoms with Gasteiger partial charge in [-0.15, -0.1) is 0 Å². The van der Waals surface area contributed by atoms with Gasteiger partial charge in [0.25, 0.3) is 0 Å². The number of ether oxygens (including phenoxy) is 1. The lowest BCUT2D eigenvalue weighted by molar-refractivity contribution is -0.114. The van der Waals surface area contributed by atoms with Crippen molar-refractivity contribution < 1.29 is 17.9 Å². The van der Waals surface area contributed by atoms with Crippen LogP contribution in [0.3, 0.4) is 0 Å². The first-order valence-electron chi connectivity index (χ1n) is 10.2. The second-order valence-electron chi connectivity index (χ2n) is 7.34. The Morgan fingerprint density at radius 3 is 2.23 bits per heavy atom. The Hall–Kier alpha value is -2.74. The number of rotatable bonds is 8. The van der Waals surface area contributed by atoms with E-state index < -0.39 is 15.9 Å². The Balaban J connectivity index is 1.65. The highest BCUT2D eigenvalue weighted by Crippen LogP contribution is 2.23. The first-order valence-corrected chi connectivity index (χ1v) is 12.1. The molecule has 1 heterocycles. The molecule has 0 unspecified atom stereocenters. The third-order valence-corrected chi connectivity index (χ3v) is 6.14. The third kappa shape index (κ3) is 5.89. The van der Waals surface area contributed by atoms with E-state index in [1.807, 2.05) is 31.2 Å². The summed E-state index contributed by atoms with van der Waals surface area (Å²) in [6.07, 6.45) is 4.76. The summed E-state index contributed by atoms with van der Waals surface area (Å²) in [7, 11) is -3.63. The number of benzene rings is 2. The monoisotopic (exact) mass is 431 g/mol. The average Bonchev–Trinajstić information content (AvgIpc) is 2.73. The zero-order chi connectivity index (χ0) is 21.6. The van der Waals surface area contributed by atoms with Crippen LogP contribution in [0.5, 0.6) is 5.75 Å². The number of hydrogen-bond acceptors (Lipinski definition) is 5. The molecule has 1 aliphatic heterocycles. The van der Waals surface area contributed by atoms with E-state index >= 15 is 0 Å². The number of hydrogen-bond donors (Lipinski definition) is 1. The molecule has 2 aromatic rings. The molecule has 2 aromatic carbocycles. The van der Waals surface area contributed by atoms with Crippen molar-refractivity contribution >= 4 is 33.0 Å². The summed E-state index contributed by atoms with van der Waals surface area (Å²) in [5.74, 6) is 0.244. The molecule has 1 saturated heterocycles. The van der Waals surface area contributed by atoms with Crippen LogP contribution in [0, 0.1) is 0 Å². The van der Waals surface area contributed by atoms with Crippen LogP contribution in [0.15, 0.2) is 48.5 Å². The standard InChI is InChI=1S/C22H29N3O4S/c1-3-29-21-13-11-20(12-14-21)25(30(2,27)28)17-22(26)23-18-7-9-19(10-8-18)24-15-5-4-6-16-24/h7-14H,3-6,15-17H2,1-2H3,(H,23,26). The van der Waals surface area contributed by atoms with Crippen molar-refractivity contribution in [1.29, 1.82) is 0 Å². The Kier molecular flexibility index (Phi) is 7.20. The minimum Gasteiger partial charge on any atom is -0.494 e. The summed E-state index contributed by atoms with van der Waals surface area (Å²) >= 11 is 0. The highest BCUT2D eigenvalue weighted by molar-refractivity contribution is 7.92. The zero-order valence-electron chi connectivity index (χ0n) is 17.5. The first-order chi connectivity index (χ1) is 14.4. The fourth-order valence-corrected chi connectivity index (χ4v) is 4.37. The summed E-state index contributed by atoms with van der Waals surface area (Å²) in [5, 5.41) is 2.79. The van der Waals surface area contributed by atoms with E-state index in [2.05, 4.69) is 10.2 Å². The van der Waals surface area contributed by atoms with Gasteiger partial charge in [0.05, 0.1) is 18.6 Å². The van der Waals surface area contributed by atoms with Crippen LogP contribution in [-0.4, -0.2) is 46.8 Å². The van der Waals surface area contributed by atoms with E-state index in [0.717, 1.165) is 29.3 Å². The predicted molar refractivity (Wildman–Crippen MR) is 121 cm³/mol. The molecule has 30 heavy (non-hydrogen) atoms. The van der Waals surface area contributed by atoms with Crippen LogP contribution in [-0.2, 0) is 14.8 Å². The number of amides is 1. The Labute approximate surface area is 178 Å². The highest BCUT2D eigenvalue weighted by atomic mass is 32.2. The summed E-state index contributed by atoms with van der Waals surface area (Å²) in [4.78, 5) is 14.9. The number of nitrogens with zero attached hydrogens (tertiary/aromatic N) is 2. The minimum absolute atomic E-state index is 0.305. The smallest absolute Gasteiger partial charge is 0.245 e. The fraction of sp³-hybridized carbons (Fsp3) is 0.409. The zero-order valence-corrected chi connectivity index (χ0v) is 18.3. The second kappa shape index (κ2) is 9.84. The Morgan fingerprint density at radius 1 is 1.03 bits per heavy atom. The normalized spacial score (nSPS) is 14.3. The Morgan fingerprint density at radius 2 is 1.67 bits per heavy atom. The molecular weight excluding hydrogens is 402 g/mol. The van der Waals surface area contributed by atoms with Crippen LogP contribution in [0.2, 0.25) is 0 Å². The first kappa shape index (κ1) is 22.0. The summed E-state index contributed by atoms with van der Waals surface area (Å²) < 4.78 is 31.0. The molecule has 3 rings (SSSR count). The van der Waals surface area contributed by atoms with Gasteiger partial charge in [-0.3, -0.25) is 9.10 Å². The summed E-state index contributed by atoms with van der Waals surface area (Å²) in [6, 6.07) is 14.3. The lowest BCUT2D eigenvalue weighted by Gasteiger charge is -2.28. The van der Waals surface area contributed by atoms with Gasteiger partial charge in [0.15, 0.2) is 0 Å². The van der Waals surface area contributed by atoms with Gasteiger partial charge >= 0.3 is 0 Å². The van der Waals surface area contributed by atoms with Crippen molar-refractivity contribution in [3.8, 4) is 5.75 Å². The molecule has 0 saturated carbocycles. The van der Waals surface area contributed by atoms with Crippen LogP contribution in [0.25, 0.3) is 0 Å². The van der Waals surface area contributed by atoms with E-state index in [-0.39, 0.29) is 6.54 Å². The van der Waals surface area contributed by atoms with Crippen molar-refractivity contribution in [1.82, 2.24) is 0 Å². The molecule has 1 N–H and O–H groups in total. The van der Waals surface area contributed by atoms with Gasteiger partial charge in [-0.1, -0.05) is 0 Å². The fourth-order valence-electron chi connectivity index (χ4n) is 3.51. The minimum atomic E-state index is -3.63. The molecule has 1 amide bonds. The third-order valence-electron chi connectivity index (χ3n) is 5.00. The summed E-state index contributed by atoms with van der Waals surface area (Å²) in [5.41, 5.74) is 2.19. The van der Waals surface area contributed by atoms with Crippen molar-refractivity contribution in [3.63, 3.8) is 0 Å². The molecule has 0 bridgehead atoms. The molecule has 1 aliphatic rings. The van der Waals surface area contributed by atoms with E-state index in [9.17, 15) is 13.2 Å². The number of nitrogens with one attached hydrogen (secondary N) is 1. The number of piperidine rings is 1. The van der Waals surface area contributed by atoms with Crippen molar-refractivity contribution in [2.24, 2.45) is 0 Å². The molecule has 8 heteroatoms. The number of sulfonamides is 1. The van der Waals surface area contributed by atoms with Crippen molar-refractivity contribution in [3.05, 3.63) is 48.5 Å². The van der Waals surface area contributed by atoms with Crippen LogP contribution >= 0.6 is 0 Å². The van der Waals surface area contributed by atoms with Gasteiger partial charge in [-0.25, -0.2) is 8.42 Å². The van der Waals surface area contributed by atoms with Gasteiger partial charge < -0.3 is 15.0 Å². The molecule has 0 spiro atoms. The number of anilines is 3. The second-order valence-corrected chi connectivity index (χ2v) is 9.25. The Bertz CT molecular complexity index is 937. The number of carbonyl (C=O) groups excluding carboxylic acids is 1. The quantitative estimate of drug-likeness (QED) is 0.692. The summed E-state index contributed by atoms with van der Waals surface area (Å²) in [6.45, 7) is 4.20. The van der Waals surface area contributed by atoms with Gasteiger partial charge in [0.2, 0.25) is 15.9 Å². The van der Waals surface area contributed by atoms with E-state index in [1.54, 1.807) is 24.3 Å². The van der Waals surface area contributed by atoms with Crippen LogP contribution < -0.4 is 19.3 Å². The van der Waals surface area contributed by atoms with Gasteiger partial charge in [-0.05, 0) is 74.7 Å². The van der Waals surface area contributed by atoms with Crippen molar-refractivity contribution in [2.75, 3.05) is 47.0 Å². The highest BCUT2D eigenvalue weighted by Gasteiger charge is 2.21. The lowest BCUT2D eigenvalue weighted by atomic mass is 10.1. The van der Waals surface area contributed by atoms with Gasteiger partial charge in [0, 0.05) is 24.5 Å². The van der Waals surface area contributed by atoms with E-state index in [0.29, 0.717) is 23.7 Å². The van der Waals surface area contributed by atoms with Crippen LogP contribution in [0.4, 0.5) is 17.1 Å². The van der Waals surface area contributed by atoms with Crippen molar-refractivity contribution in [2.45, 2.75) is 26.2 Å². The van der Waals surface area contributed by atoms with E-state index in [1.165, 1.54) is 19.3 Å². The van der Waals surface area contributed by atoms with E-state index in [4.69, 9.17) is 4.74 Å². The molecule has 0 aliphatic carbocycles. The SMILES string of the molecule is CCOc1ccc(N(CC(=O)Nc2ccc(N3CCCCC3)cc2)S(C)(=O)=O)cc1. The maximum atomic E-state index is 12.5. The number of carbonyl (C=O) groups is 1. The molecule has 0 radical (unpaired) electrons.